The van der Waals surface area contributed by atoms with Crippen molar-refractivity contribution < 1.29 is 18.8 Å². The van der Waals surface area contributed by atoms with E-state index < -0.39 is 17.7 Å². The minimum Gasteiger partial charge on any atom is -0.444 e. The molecule has 9 nitrogen and oxygen atoms in total. The molecule has 0 aliphatic carbocycles. The molecule has 0 radical (unpaired) electrons. The van der Waals surface area contributed by atoms with Crippen molar-refractivity contribution in [3.8, 4) is 11.5 Å². The zero-order valence-electron chi connectivity index (χ0n) is 15.0. The van der Waals surface area contributed by atoms with Crippen LogP contribution in [0.2, 0.25) is 0 Å². The number of carbonyl (C=O) groups is 2. The Hall–Kier alpha value is -2.84. The predicted octanol–water partition coefficient (Wildman–Crippen LogP) is 1.60. The number of ether oxygens (including phenoxy) is 1. The van der Waals surface area contributed by atoms with Crippen molar-refractivity contribution in [3.05, 3.63) is 24.2 Å². The van der Waals surface area contributed by atoms with Gasteiger partial charge in [0.25, 0.3) is 0 Å². The summed E-state index contributed by atoms with van der Waals surface area (Å²) in [4.78, 5) is 27.9. The second-order valence-corrected chi connectivity index (χ2v) is 6.60. The Morgan fingerprint density at radius 3 is 2.72 bits per heavy atom. The number of alkyl carbamates (subject to hydrolysis) is 1. The Kier molecular flexibility index (Phi) is 5.45. The molecule has 2 N–H and O–H groups in total. The molecule has 2 heterocycles. The van der Waals surface area contributed by atoms with E-state index in [1.54, 1.807) is 27.7 Å². The Morgan fingerprint density at radius 1 is 1.40 bits per heavy atom. The summed E-state index contributed by atoms with van der Waals surface area (Å²) in [7, 11) is 1.87. The van der Waals surface area contributed by atoms with Gasteiger partial charge in [-0.25, -0.2) is 4.79 Å². The number of aromatic nitrogens is 3. The fraction of sp³-hybridized carbons (Fsp3) is 0.500. The molecule has 2 aromatic rings. The third-order valence-electron chi connectivity index (χ3n) is 3.18. The first-order valence-electron chi connectivity index (χ1n) is 7.87. The third-order valence-corrected chi connectivity index (χ3v) is 3.18. The van der Waals surface area contributed by atoms with Crippen LogP contribution < -0.4 is 10.6 Å². The molecule has 0 fully saturated rings. The van der Waals surface area contributed by atoms with Gasteiger partial charge in [0, 0.05) is 13.2 Å². The number of nitrogens with one attached hydrogen (secondary N) is 2. The molecule has 0 aliphatic rings. The lowest BCUT2D eigenvalue weighted by Gasteiger charge is -2.21. The van der Waals surface area contributed by atoms with Gasteiger partial charge in [-0.1, -0.05) is 5.16 Å². The van der Waals surface area contributed by atoms with Crippen LogP contribution in [0.1, 0.15) is 33.6 Å². The highest BCUT2D eigenvalue weighted by Gasteiger charge is 2.21. The van der Waals surface area contributed by atoms with Gasteiger partial charge in [-0.3, -0.25) is 4.79 Å². The fourth-order valence-corrected chi connectivity index (χ4v) is 1.99. The van der Waals surface area contributed by atoms with Gasteiger partial charge in [0.15, 0.2) is 0 Å². The van der Waals surface area contributed by atoms with Crippen LogP contribution in [-0.2, 0) is 23.1 Å². The van der Waals surface area contributed by atoms with Crippen molar-refractivity contribution in [2.45, 2.75) is 45.9 Å². The fourth-order valence-electron chi connectivity index (χ4n) is 1.99. The average molecular weight is 349 g/mol. The van der Waals surface area contributed by atoms with Gasteiger partial charge in [0.2, 0.25) is 17.6 Å². The van der Waals surface area contributed by atoms with Gasteiger partial charge in [0.1, 0.15) is 11.6 Å². The van der Waals surface area contributed by atoms with Crippen molar-refractivity contribution in [1.29, 1.82) is 0 Å². The molecule has 0 saturated heterocycles. The monoisotopic (exact) mass is 349 g/mol. The van der Waals surface area contributed by atoms with E-state index in [1.165, 1.54) is 0 Å². The highest BCUT2D eigenvalue weighted by Crippen LogP contribution is 2.15. The molecule has 2 amide bonds. The summed E-state index contributed by atoms with van der Waals surface area (Å²) in [5.74, 6) is 0.329. The maximum absolute atomic E-state index is 12.0. The maximum atomic E-state index is 12.0. The van der Waals surface area contributed by atoms with Gasteiger partial charge >= 0.3 is 6.09 Å². The lowest BCUT2D eigenvalue weighted by molar-refractivity contribution is -0.123. The molecule has 1 unspecified atom stereocenters. The van der Waals surface area contributed by atoms with E-state index in [-0.39, 0.29) is 18.3 Å². The predicted molar refractivity (Wildman–Crippen MR) is 89.4 cm³/mol. The van der Waals surface area contributed by atoms with Crippen LogP contribution >= 0.6 is 0 Å². The Morgan fingerprint density at radius 2 is 2.12 bits per heavy atom. The lowest BCUT2D eigenvalue weighted by atomic mass is 10.2. The molecule has 1 atom stereocenters. The summed E-state index contributed by atoms with van der Waals surface area (Å²) < 4.78 is 12.1. The lowest BCUT2D eigenvalue weighted by Crippen LogP contribution is -2.46. The summed E-state index contributed by atoms with van der Waals surface area (Å²) in [5.41, 5.74) is 0.179. The first kappa shape index (κ1) is 18.5. The van der Waals surface area contributed by atoms with Crippen LogP contribution in [0.25, 0.3) is 11.5 Å². The van der Waals surface area contributed by atoms with Crippen LogP contribution in [0.3, 0.4) is 0 Å². The smallest absolute Gasteiger partial charge is 0.408 e. The summed E-state index contributed by atoms with van der Waals surface area (Å²) in [6.45, 7) is 6.87. The number of carbonyl (C=O) groups excluding carboxylic acids is 2. The van der Waals surface area contributed by atoms with Crippen molar-refractivity contribution >= 4 is 12.0 Å². The van der Waals surface area contributed by atoms with E-state index in [1.807, 2.05) is 29.9 Å². The van der Waals surface area contributed by atoms with Crippen LogP contribution in [0.15, 0.2) is 22.9 Å². The SMILES string of the molecule is CC(NC(=O)OC(C)(C)C)C(=O)NCc1nc(-c2cccn2C)no1. The molecule has 0 aromatic carbocycles. The van der Waals surface area contributed by atoms with Crippen LogP contribution in [0, 0.1) is 0 Å². The van der Waals surface area contributed by atoms with E-state index in [2.05, 4.69) is 20.8 Å². The van der Waals surface area contributed by atoms with Crippen molar-refractivity contribution in [3.63, 3.8) is 0 Å². The highest BCUT2D eigenvalue weighted by atomic mass is 16.6. The largest absolute Gasteiger partial charge is 0.444 e. The third kappa shape index (κ3) is 5.33. The summed E-state index contributed by atoms with van der Waals surface area (Å²) in [6.07, 6.45) is 1.22. The van der Waals surface area contributed by atoms with E-state index in [4.69, 9.17) is 9.26 Å². The molecular formula is C16H23N5O4. The number of hydrogen-bond acceptors (Lipinski definition) is 6. The molecule has 9 heteroatoms. The van der Waals surface area contributed by atoms with Crippen LogP contribution in [-0.4, -0.2) is 38.4 Å². The number of aryl methyl sites for hydroxylation is 1. The van der Waals surface area contributed by atoms with Gasteiger partial charge in [-0.05, 0) is 39.8 Å². The summed E-state index contributed by atoms with van der Waals surface area (Å²) in [6, 6.07) is 2.97. The van der Waals surface area contributed by atoms with E-state index in [0.717, 1.165) is 5.69 Å². The zero-order chi connectivity index (χ0) is 18.6. The van der Waals surface area contributed by atoms with Crippen molar-refractivity contribution in [2.24, 2.45) is 7.05 Å². The summed E-state index contributed by atoms with van der Waals surface area (Å²) >= 11 is 0. The molecule has 25 heavy (non-hydrogen) atoms. The Balaban J connectivity index is 1.85. The first-order chi connectivity index (χ1) is 11.7. The minimum atomic E-state index is -0.759. The van der Waals surface area contributed by atoms with Crippen LogP contribution in [0.5, 0.6) is 0 Å². The second-order valence-electron chi connectivity index (χ2n) is 6.60. The number of rotatable bonds is 5. The molecule has 0 saturated carbocycles. The van der Waals surface area contributed by atoms with E-state index in [9.17, 15) is 9.59 Å². The highest BCUT2D eigenvalue weighted by molar-refractivity contribution is 5.85. The number of amides is 2. The molecule has 0 spiro atoms. The number of hydrogen-bond donors (Lipinski definition) is 2. The molecule has 136 valence electrons. The average Bonchev–Trinajstić information content (AvgIpc) is 3.10. The van der Waals surface area contributed by atoms with E-state index in [0.29, 0.717) is 5.82 Å². The molecule has 2 aromatic heterocycles. The quantitative estimate of drug-likeness (QED) is 0.848. The molecule has 2 rings (SSSR count). The van der Waals surface area contributed by atoms with Crippen molar-refractivity contribution in [2.75, 3.05) is 0 Å². The van der Waals surface area contributed by atoms with Gasteiger partial charge < -0.3 is 24.5 Å². The topological polar surface area (TPSA) is 111 Å². The molecule has 0 bridgehead atoms. The zero-order valence-corrected chi connectivity index (χ0v) is 15.0. The van der Waals surface area contributed by atoms with E-state index >= 15 is 0 Å². The maximum Gasteiger partial charge on any atom is 0.408 e. The number of nitrogens with zero attached hydrogens (tertiary/aromatic N) is 3. The molecule has 0 aliphatic heterocycles. The standard InChI is InChI=1S/C16H23N5O4/c1-10(18-15(23)24-16(2,3)4)14(22)17-9-12-19-13(20-25-12)11-7-6-8-21(11)5/h6-8,10H,9H2,1-5H3,(H,17,22)(H,18,23). The van der Waals surface area contributed by atoms with Gasteiger partial charge in [-0.15, -0.1) is 0 Å². The first-order valence-corrected chi connectivity index (χ1v) is 7.87. The van der Waals surface area contributed by atoms with Gasteiger partial charge in [0.05, 0.1) is 12.2 Å². The summed E-state index contributed by atoms with van der Waals surface area (Å²) in [5, 5.41) is 8.98. The van der Waals surface area contributed by atoms with Crippen molar-refractivity contribution in [1.82, 2.24) is 25.3 Å². The van der Waals surface area contributed by atoms with Crippen LogP contribution in [0.4, 0.5) is 4.79 Å². The Bertz CT molecular complexity index is 744. The minimum absolute atomic E-state index is 0.0661. The van der Waals surface area contributed by atoms with Gasteiger partial charge in [-0.2, -0.15) is 4.98 Å². The Labute approximate surface area is 145 Å². The normalized spacial score (nSPS) is 12.5. The second kappa shape index (κ2) is 7.37. The molecular weight excluding hydrogens is 326 g/mol.